The fourth-order valence-electron chi connectivity index (χ4n) is 2.47. The van der Waals surface area contributed by atoms with Gasteiger partial charge < -0.3 is 19.6 Å². The van der Waals surface area contributed by atoms with E-state index in [1.165, 1.54) is 0 Å². The van der Waals surface area contributed by atoms with E-state index in [0.717, 1.165) is 11.1 Å². The summed E-state index contributed by atoms with van der Waals surface area (Å²) in [5.74, 6) is 0.601. The van der Waals surface area contributed by atoms with Crippen molar-refractivity contribution in [3.63, 3.8) is 0 Å². The highest BCUT2D eigenvalue weighted by Crippen LogP contribution is 2.39. The summed E-state index contributed by atoms with van der Waals surface area (Å²) in [6, 6.07) is 14.8. The first-order valence-corrected chi connectivity index (χ1v) is 9.00. The van der Waals surface area contributed by atoms with Gasteiger partial charge in [-0.3, -0.25) is 4.57 Å². The number of rotatable bonds is 6. The lowest BCUT2D eigenvalue weighted by Crippen LogP contribution is -2.18. The number of ether oxygens (including phenoxy) is 1. The molecule has 0 unspecified atom stereocenters. The van der Waals surface area contributed by atoms with E-state index in [-0.39, 0.29) is 18.4 Å². The van der Waals surface area contributed by atoms with Crippen LogP contribution in [-0.4, -0.2) is 21.7 Å². The van der Waals surface area contributed by atoms with Crippen molar-refractivity contribution in [2.24, 2.45) is 0 Å². The highest BCUT2D eigenvalue weighted by molar-refractivity contribution is 7.50. The lowest BCUT2D eigenvalue weighted by Gasteiger charge is -2.26. The highest BCUT2D eigenvalue weighted by Gasteiger charge is 2.23. The van der Waals surface area contributed by atoms with Crippen molar-refractivity contribution in [3.05, 3.63) is 65.2 Å². The molecular weight excluding hydrogens is 315 g/mol. The van der Waals surface area contributed by atoms with Gasteiger partial charge in [0.15, 0.2) is 6.79 Å². The molecule has 0 aromatic heterocycles. The van der Waals surface area contributed by atoms with Gasteiger partial charge in [0.05, 0.1) is 6.16 Å². The van der Waals surface area contributed by atoms with Gasteiger partial charge in [-0.1, -0.05) is 50.2 Å². The van der Waals surface area contributed by atoms with Crippen LogP contribution in [-0.2, 0) is 16.1 Å². The number of aliphatic hydroxyl groups excluding tert-OH is 1. The quantitative estimate of drug-likeness (QED) is 0.557. The summed E-state index contributed by atoms with van der Waals surface area (Å²) in [7, 11) is -4.05. The van der Waals surface area contributed by atoms with Crippen LogP contribution in [0.3, 0.4) is 0 Å². The van der Waals surface area contributed by atoms with E-state index in [4.69, 9.17) is 19.6 Å². The van der Waals surface area contributed by atoms with Crippen LogP contribution in [0.4, 0.5) is 0 Å². The van der Waals surface area contributed by atoms with Gasteiger partial charge in [-0.05, 0) is 28.8 Å². The summed E-state index contributed by atoms with van der Waals surface area (Å²) in [5, 5.41) is 8.76. The van der Waals surface area contributed by atoms with E-state index in [9.17, 15) is 4.57 Å². The number of hydrogen-bond acceptors (Lipinski definition) is 3. The lowest BCUT2D eigenvalue weighted by atomic mass is 9.78. The average molecular weight is 336 g/mol. The fourth-order valence-corrected chi connectivity index (χ4v) is 3.16. The van der Waals surface area contributed by atoms with Crippen LogP contribution < -0.4 is 4.74 Å². The molecule has 0 saturated heterocycles. The minimum Gasteiger partial charge on any atom is -0.468 e. The molecule has 0 saturated carbocycles. The molecule has 2 aromatic rings. The molecule has 0 aliphatic carbocycles. The first kappa shape index (κ1) is 17.7. The normalized spacial score (nSPS) is 12.2. The van der Waals surface area contributed by atoms with Crippen LogP contribution in [0.2, 0.25) is 0 Å². The van der Waals surface area contributed by atoms with Gasteiger partial charge in [-0.2, -0.15) is 0 Å². The molecule has 0 radical (unpaired) electrons. The van der Waals surface area contributed by atoms with Gasteiger partial charge in [0.25, 0.3) is 0 Å². The van der Waals surface area contributed by atoms with Crippen molar-refractivity contribution in [2.75, 3.05) is 6.79 Å². The molecule has 0 bridgehead atoms. The molecule has 5 nitrogen and oxygen atoms in total. The summed E-state index contributed by atoms with van der Waals surface area (Å²) >= 11 is 0. The van der Waals surface area contributed by atoms with Crippen molar-refractivity contribution < 1.29 is 24.2 Å². The Morgan fingerprint density at radius 2 is 1.43 bits per heavy atom. The molecule has 23 heavy (non-hydrogen) atoms. The molecule has 2 rings (SSSR count). The number of hydrogen-bond donors (Lipinski definition) is 3. The topological polar surface area (TPSA) is 87.0 Å². The monoisotopic (exact) mass is 336 g/mol. The maximum absolute atomic E-state index is 11.1. The molecule has 0 heterocycles. The van der Waals surface area contributed by atoms with Gasteiger partial charge in [-0.25, -0.2) is 0 Å². The van der Waals surface area contributed by atoms with Crippen molar-refractivity contribution >= 4 is 7.60 Å². The van der Waals surface area contributed by atoms with E-state index < -0.39 is 7.60 Å². The summed E-state index contributed by atoms with van der Waals surface area (Å²) in [6.07, 6.45) is -0.249. The van der Waals surface area contributed by atoms with Gasteiger partial charge in [0.2, 0.25) is 0 Å². The van der Waals surface area contributed by atoms with Crippen LogP contribution in [0.5, 0.6) is 5.75 Å². The van der Waals surface area contributed by atoms with E-state index >= 15 is 0 Å². The minimum atomic E-state index is -4.05. The molecule has 6 heteroatoms. The molecular formula is C17H21O5P. The molecule has 3 N–H and O–H groups in total. The summed E-state index contributed by atoms with van der Waals surface area (Å²) in [5.41, 5.74) is 2.47. The second-order valence-electron chi connectivity index (χ2n) is 5.94. The Bertz CT molecular complexity index is 686. The van der Waals surface area contributed by atoms with Crippen molar-refractivity contribution in [1.29, 1.82) is 0 Å². The van der Waals surface area contributed by atoms with Gasteiger partial charge in [0, 0.05) is 5.41 Å². The molecule has 0 spiro atoms. The van der Waals surface area contributed by atoms with E-state index in [2.05, 4.69) is 13.8 Å². The van der Waals surface area contributed by atoms with Gasteiger partial charge >= 0.3 is 7.60 Å². The third-order valence-corrected chi connectivity index (χ3v) is 4.65. The third-order valence-electron chi connectivity index (χ3n) is 3.87. The Morgan fingerprint density at radius 3 is 1.87 bits per heavy atom. The second kappa shape index (κ2) is 6.85. The Hall–Kier alpha value is -1.65. The molecule has 124 valence electrons. The van der Waals surface area contributed by atoms with Gasteiger partial charge in [0.1, 0.15) is 5.75 Å². The smallest absolute Gasteiger partial charge is 0.329 e. The zero-order valence-electron chi connectivity index (χ0n) is 13.1. The predicted octanol–water partition coefficient (Wildman–Crippen LogP) is 3.02. The molecule has 0 amide bonds. The summed E-state index contributed by atoms with van der Waals surface area (Å²) in [6.45, 7) is 3.80. The van der Waals surface area contributed by atoms with Crippen molar-refractivity contribution in [3.8, 4) is 5.75 Å². The zero-order chi connectivity index (χ0) is 17.1. The highest BCUT2D eigenvalue weighted by atomic mass is 31.2. The lowest BCUT2D eigenvalue weighted by molar-refractivity contribution is 0.0985. The minimum absolute atomic E-state index is 0.249. The number of benzene rings is 2. The molecule has 0 fully saturated rings. The van der Waals surface area contributed by atoms with Crippen LogP contribution in [0.25, 0.3) is 0 Å². The first-order chi connectivity index (χ1) is 10.7. The Morgan fingerprint density at radius 1 is 0.957 bits per heavy atom. The third kappa shape index (κ3) is 4.66. The van der Waals surface area contributed by atoms with Crippen molar-refractivity contribution in [1.82, 2.24) is 0 Å². The Balaban J connectivity index is 2.23. The summed E-state index contributed by atoms with van der Waals surface area (Å²) in [4.78, 5) is 18.1. The van der Waals surface area contributed by atoms with E-state index in [0.29, 0.717) is 11.3 Å². The Kier molecular flexibility index (Phi) is 5.27. The molecule has 0 atom stereocenters. The van der Waals surface area contributed by atoms with Crippen LogP contribution >= 0.6 is 7.60 Å². The van der Waals surface area contributed by atoms with E-state index in [1.807, 2.05) is 24.3 Å². The first-order valence-electron chi connectivity index (χ1n) is 7.20. The standard InChI is InChI=1S/C17H21O5P/c1-17(2,15-7-9-16(10-8-15)22-12-18)14-5-3-13(4-6-14)11-23(19,20)21/h3-10,18H,11-12H2,1-2H3,(H2,19,20,21). The molecule has 0 aliphatic heterocycles. The zero-order valence-corrected chi connectivity index (χ0v) is 14.0. The fraction of sp³-hybridized carbons (Fsp3) is 0.294. The second-order valence-corrected chi connectivity index (χ2v) is 7.59. The van der Waals surface area contributed by atoms with Crippen LogP contribution in [0.1, 0.15) is 30.5 Å². The van der Waals surface area contributed by atoms with Crippen LogP contribution in [0.15, 0.2) is 48.5 Å². The van der Waals surface area contributed by atoms with Crippen molar-refractivity contribution in [2.45, 2.75) is 25.4 Å². The maximum Gasteiger partial charge on any atom is 0.329 e. The van der Waals surface area contributed by atoms with E-state index in [1.54, 1.807) is 24.3 Å². The predicted molar refractivity (Wildman–Crippen MR) is 88.5 cm³/mol. The molecule has 2 aromatic carbocycles. The van der Waals surface area contributed by atoms with Gasteiger partial charge in [-0.15, -0.1) is 0 Å². The average Bonchev–Trinajstić information content (AvgIpc) is 2.47. The largest absolute Gasteiger partial charge is 0.468 e. The SMILES string of the molecule is CC(C)(c1ccc(CP(=O)(O)O)cc1)c1ccc(OCO)cc1. The van der Waals surface area contributed by atoms with Crippen LogP contribution in [0, 0.1) is 0 Å². The molecule has 0 aliphatic rings. The Labute approximate surface area is 135 Å². The number of aliphatic hydroxyl groups is 1. The summed E-state index contributed by atoms with van der Waals surface area (Å²) < 4.78 is 16.1. The maximum atomic E-state index is 11.1.